The van der Waals surface area contributed by atoms with Gasteiger partial charge in [0.15, 0.2) is 0 Å². The van der Waals surface area contributed by atoms with Crippen LogP contribution in [0.3, 0.4) is 0 Å². The zero-order valence-corrected chi connectivity index (χ0v) is 10.1. The molecular formula is C11H23N3O. The Morgan fingerprint density at radius 3 is 2.47 bits per heavy atom. The molecule has 1 aliphatic heterocycles. The molecule has 1 saturated heterocycles. The minimum Gasteiger partial charge on any atom is -0.341 e. The van der Waals surface area contributed by atoms with Crippen molar-refractivity contribution in [2.45, 2.75) is 25.8 Å². The van der Waals surface area contributed by atoms with Crippen LogP contribution >= 0.6 is 0 Å². The molecule has 1 N–H and O–H groups in total. The van der Waals surface area contributed by atoms with Gasteiger partial charge in [-0.15, -0.1) is 0 Å². The largest absolute Gasteiger partial charge is 0.341 e. The molecule has 0 aromatic carbocycles. The predicted octanol–water partition coefficient (Wildman–Crippen LogP) is 0.149. The van der Waals surface area contributed by atoms with Crippen molar-refractivity contribution >= 4 is 5.91 Å². The van der Waals surface area contributed by atoms with E-state index in [-0.39, 0.29) is 5.91 Å². The van der Waals surface area contributed by atoms with E-state index in [4.69, 9.17) is 0 Å². The molecule has 0 aromatic rings. The number of nitrogens with one attached hydrogen (secondary N) is 1. The van der Waals surface area contributed by atoms with E-state index in [0.717, 1.165) is 32.5 Å². The summed E-state index contributed by atoms with van der Waals surface area (Å²) in [5, 5.41) is 3.08. The fourth-order valence-electron chi connectivity index (χ4n) is 1.98. The summed E-state index contributed by atoms with van der Waals surface area (Å²) < 4.78 is 0. The molecule has 0 aromatic heterocycles. The van der Waals surface area contributed by atoms with Crippen LogP contribution in [0.5, 0.6) is 0 Å². The number of nitrogens with zero attached hydrogens (tertiary/aromatic N) is 2. The van der Waals surface area contributed by atoms with Crippen LogP contribution in [-0.2, 0) is 4.79 Å². The molecule has 1 amide bonds. The molecule has 0 spiro atoms. The van der Waals surface area contributed by atoms with Gasteiger partial charge < -0.3 is 15.1 Å². The number of likely N-dealkylation sites (tertiary alicyclic amines) is 1. The Labute approximate surface area is 92.6 Å². The van der Waals surface area contributed by atoms with Crippen LogP contribution in [-0.4, -0.2) is 62.0 Å². The van der Waals surface area contributed by atoms with Gasteiger partial charge in [0.1, 0.15) is 0 Å². The highest BCUT2D eigenvalue weighted by Gasteiger charge is 2.23. The summed E-state index contributed by atoms with van der Waals surface area (Å²) in [6.07, 6.45) is 2.20. The monoisotopic (exact) mass is 213 g/mol. The van der Waals surface area contributed by atoms with Crippen LogP contribution < -0.4 is 5.32 Å². The van der Waals surface area contributed by atoms with Gasteiger partial charge in [-0.2, -0.15) is 0 Å². The van der Waals surface area contributed by atoms with E-state index in [0.29, 0.717) is 12.6 Å². The Morgan fingerprint density at radius 1 is 1.40 bits per heavy atom. The van der Waals surface area contributed by atoms with Crippen molar-refractivity contribution in [3.05, 3.63) is 0 Å². The lowest BCUT2D eigenvalue weighted by molar-refractivity contribution is -0.131. The third kappa shape index (κ3) is 3.80. The molecule has 4 nitrogen and oxygen atoms in total. The molecule has 88 valence electrons. The number of hydrogen-bond donors (Lipinski definition) is 1. The molecular weight excluding hydrogens is 190 g/mol. The first-order valence-electron chi connectivity index (χ1n) is 5.80. The summed E-state index contributed by atoms with van der Waals surface area (Å²) >= 11 is 0. The highest BCUT2D eigenvalue weighted by atomic mass is 16.2. The molecule has 1 aliphatic rings. The van der Waals surface area contributed by atoms with Crippen LogP contribution in [0.1, 0.15) is 19.8 Å². The first kappa shape index (κ1) is 12.5. The molecule has 4 heteroatoms. The zero-order chi connectivity index (χ0) is 11.3. The Balaban J connectivity index is 2.27. The Bertz CT molecular complexity index is 198. The summed E-state index contributed by atoms with van der Waals surface area (Å²) in [6.45, 7) is 5.19. The number of rotatable bonds is 4. The second-order valence-corrected chi connectivity index (χ2v) is 4.36. The average molecular weight is 213 g/mol. The summed E-state index contributed by atoms with van der Waals surface area (Å²) in [6, 6.07) is 0.646. The van der Waals surface area contributed by atoms with Gasteiger partial charge in [0.2, 0.25) is 5.91 Å². The van der Waals surface area contributed by atoms with E-state index in [1.807, 2.05) is 11.8 Å². The summed E-state index contributed by atoms with van der Waals surface area (Å²) in [5.74, 6) is 0.244. The summed E-state index contributed by atoms with van der Waals surface area (Å²) in [7, 11) is 4.22. The molecule has 1 heterocycles. The topological polar surface area (TPSA) is 35.6 Å². The fourth-order valence-corrected chi connectivity index (χ4v) is 1.98. The molecule has 15 heavy (non-hydrogen) atoms. The maximum Gasteiger partial charge on any atom is 0.236 e. The number of carbonyl (C=O) groups is 1. The molecule has 0 saturated carbocycles. The van der Waals surface area contributed by atoms with E-state index in [9.17, 15) is 4.79 Å². The van der Waals surface area contributed by atoms with Gasteiger partial charge in [-0.25, -0.2) is 0 Å². The maximum atomic E-state index is 11.7. The smallest absolute Gasteiger partial charge is 0.236 e. The number of likely N-dealkylation sites (N-methyl/N-ethyl adjacent to an activating group) is 1. The molecule has 0 unspecified atom stereocenters. The molecule has 0 bridgehead atoms. The maximum absolute atomic E-state index is 11.7. The lowest BCUT2D eigenvalue weighted by Crippen LogP contribution is -2.47. The van der Waals surface area contributed by atoms with Crippen molar-refractivity contribution in [2.75, 3.05) is 40.3 Å². The van der Waals surface area contributed by atoms with Gasteiger partial charge >= 0.3 is 0 Å². The van der Waals surface area contributed by atoms with Crippen molar-refractivity contribution in [3.63, 3.8) is 0 Å². The second-order valence-electron chi connectivity index (χ2n) is 4.36. The lowest BCUT2D eigenvalue weighted by Gasteiger charge is -2.35. The predicted molar refractivity (Wildman–Crippen MR) is 61.8 cm³/mol. The summed E-state index contributed by atoms with van der Waals surface area (Å²) in [4.78, 5) is 15.9. The minimum absolute atomic E-state index is 0.244. The third-order valence-corrected chi connectivity index (χ3v) is 3.07. The van der Waals surface area contributed by atoms with Crippen LogP contribution in [0.25, 0.3) is 0 Å². The lowest BCUT2D eigenvalue weighted by atomic mass is 10.0. The highest BCUT2D eigenvalue weighted by Crippen LogP contribution is 2.13. The SMILES string of the molecule is CCNCC(=O)N1CCC(N(C)C)CC1. The number of carbonyl (C=O) groups excluding carboxylic acids is 1. The average Bonchev–Trinajstić information content (AvgIpc) is 2.26. The molecule has 1 rings (SSSR count). The van der Waals surface area contributed by atoms with Gasteiger partial charge in [-0.1, -0.05) is 6.92 Å². The van der Waals surface area contributed by atoms with Crippen molar-refractivity contribution in [3.8, 4) is 0 Å². The summed E-state index contributed by atoms with van der Waals surface area (Å²) in [5.41, 5.74) is 0. The minimum atomic E-state index is 0.244. The van der Waals surface area contributed by atoms with Crippen molar-refractivity contribution in [1.29, 1.82) is 0 Å². The highest BCUT2D eigenvalue weighted by molar-refractivity contribution is 5.78. The van der Waals surface area contributed by atoms with Crippen molar-refractivity contribution in [1.82, 2.24) is 15.1 Å². The Kier molecular flexibility index (Phi) is 5.05. The van der Waals surface area contributed by atoms with E-state index in [2.05, 4.69) is 24.3 Å². The standard InChI is InChI=1S/C11H23N3O/c1-4-12-9-11(15)14-7-5-10(6-8-14)13(2)3/h10,12H,4-9H2,1-3H3. The first-order chi connectivity index (χ1) is 7.15. The normalized spacial score (nSPS) is 18.5. The van der Waals surface area contributed by atoms with E-state index in [1.54, 1.807) is 0 Å². The van der Waals surface area contributed by atoms with Crippen molar-refractivity contribution < 1.29 is 4.79 Å². The Hall–Kier alpha value is -0.610. The molecule has 1 fully saturated rings. The van der Waals surface area contributed by atoms with Crippen LogP contribution in [0.15, 0.2) is 0 Å². The van der Waals surface area contributed by atoms with Gasteiger partial charge in [-0.3, -0.25) is 4.79 Å². The van der Waals surface area contributed by atoms with Crippen molar-refractivity contribution in [2.24, 2.45) is 0 Å². The zero-order valence-electron chi connectivity index (χ0n) is 10.1. The second kappa shape index (κ2) is 6.08. The van der Waals surface area contributed by atoms with E-state index in [1.165, 1.54) is 0 Å². The van der Waals surface area contributed by atoms with E-state index < -0.39 is 0 Å². The van der Waals surface area contributed by atoms with Crippen LogP contribution in [0.2, 0.25) is 0 Å². The number of piperidine rings is 1. The molecule has 0 aliphatic carbocycles. The van der Waals surface area contributed by atoms with E-state index >= 15 is 0 Å². The first-order valence-corrected chi connectivity index (χ1v) is 5.80. The number of amides is 1. The quantitative estimate of drug-likeness (QED) is 0.722. The van der Waals surface area contributed by atoms with Crippen LogP contribution in [0.4, 0.5) is 0 Å². The number of hydrogen-bond acceptors (Lipinski definition) is 3. The Morgan fingerprint density at radius 2 is 2.00 bits per heavy atom. The molecule has 0 atom stereocenters. The van der Waals surface area contributed by atoms with Gasteiger partial charge in [0, 0.05) is 19.1 Å². The third-order valence-electron chi connectivity index (χ3n) is 3.07. The van der Waals surface area contributed by atoms with Crippen LogP contribution in [0, 0.1) is 0 Å². The van der Waals surface area contributed by atoms with Gasteiger partial charge in [0.05, 0.1) is 6.54 Å². The fraction of sp³-hybridized carbons (Fsp3) is 0.909. The molecule has 0 radical (unpaired) electrons. The van der Waals surface area contributed by atoms with Gasteiger partial charge in [0.25, 0.3) is 0 Å². The van der Waals surface area contributed by atoms with Gasteiger partial charge in [-0.05, 0) is 33.5 Å².